The number of likely N-dealkylation sites (tertiary alicyclic amines) is 1. The lowest BCUT2D eigenvalue weighted by Gasteiger charge is -2.41. The Morgan fingerprint density at radius 1 is 1.55 bits per heavy atom. The van der Waals surface area contributed by atoms with E-state index in [4.69, 9.17) is 0 Å². The number of hydrogen-bond acceptors (Lipinski definition) is 2. The SMILES string of the molecule is CN=C(NCC1CC=CCC1)N1CCCC2(CNC(=O)C2)C1. The molecule has 122 valence electrons. The van der Waals surface area contributed by atoms with Crippen LogP contribution in [0.3, 0.4) is 0 Å². The van der Waals surface area contributed by atoms with Gasteiger partial charge in [-0.2, -0.15) is 0 Å². The molecule has 2 saturated heterocycles. The summed E-state index contributed by atoms with van der Waals surface area (Å²) in [6.45, 7) is 3.81. The molecule has 2 atom stereocenters. The van der Waals surface area contributed by atoms with E-state index in [0.717, 1.165) is 50.9 Å². The predicted molar refractivity (Wildman–Crippen MR) is 88.7 cm³/mol. The summed E-state index contributed by atoms with van der Waals surface area (Å²) in [5.74, 6) is 1.93. The summed E-state index contributed by atoms with van der Waals surface area (Å²) in [7, 11) is 1.86. The van der Waals surface area contributed by atoms with Gasteiger partial charge in [-0.15, -0.1) is 0 Å². The Morgan fingerprint density at radius 2 is 2.45 bits per heavy atom. The van der Waals surface area contributed by atoms with Crippen molar-refractivity contribution in [2.45, 2.75) is 38.5 Å². The number of hydrogen-bond donors (Lipinski definition) is 2. The normalized spacial score (nSPS) is 32.4. The Balaban J connectivity index is 1.56. The van der Waals surface area contributed by atoms with Gasteiger partial charge in [-0.3, -0.25) is 9.79 Å². The molecule has 3 aliphatic rings. The maximum absolute atomic E-state index is 11.6. The van der Waals surface area contributed by atoms with Crippen LogP contribution in [0.25, 0.3) is 0 Å². The molecule has 1 aliphatic carbocycles. The van der Waals surface area contributed by atoms with Crippen LogP contribution in [0.1, 0.15) is 38.5 Å². The van der Waals surface area contributed by atoms with Gasteiger partial charge in [0.2, 0.25) is 5.91 Å². The zero-order chi connectivity index (χ0) is 15.4. The Kier molecular flexibility index (Phi) is 4.69. The van der Waals surface area contributed by atoms with E-state index in [1.807, 2.05) is 7.05 Å². The lowest BCUT2D eigenvalue weighted by Crippen LogP contribution is -2.52. The molecule has 22 heavy (non-hydrogen) atoms. The molecule has 2 unspecified atom stereocenters. The van der Waals surface area contributed by atoms with E-state index in [0.29, 0.717) is 6.42 Å². The molecule has 0 aromatic heterocycles. The minimum absolute atomic E-state index is 0.126. The number of carbonyl (C=O) groups excluding carboxylic acids is 1. The Bertz CT molecular complexity index is 473. The second kappa shape index (κ2) is 6.71. The minimum Gasteiger partial charge on any atom is -0.356 e. The van der Waals surface area contributed by atoms with Gasteiger partial charge in [0.15, 0.2) is 5.96 Å². The van der Waals surface area contributed by atoms with Crippen molar-refractivity contribution < 1.29 is 4.79 Å². The van der Waals surface area contributed by atoms with Crippen LogP contribution >= 0.6 is 0 Å². The Morgan fingerprint density at radius 3 is 3.14 bits per heavy atom. The summed E-state index contributed by atoms with van der Waals surface area (Å²) in [5, 5.41) is 6.57. The molecular weight excluding hydrogens is 276 g/mol. The van der Waals surface area contributed by atoms with E-state index in [-0.39, 0.29) is 11.3 Å². The van der Waals surface area contributed by atoms with Gasteiger partial charge in [0.1, 0.15) is 0 Å². The first-order valence-corrected chi connectivity index (χ1v) is 8.58. The van der Waals surface area contributed by atoms with E-state index in [9.17, 15) is 4.79 Å². The van der Waals surface area contributed by atoms with Gasteiger partial charge in [0.25, 0.3) is 0 Å². The Hall–Kier alpha value is -1.52. The van der Waals surface area contributed by atoms with Crippen LogP contribution in [0, 0.1) is 11.3 Å². The molecule has 1 amide bonds. The highest BCUT2D eigenvalue weighted by Gasteiger charge is 2.42. The highest BCUT2D eigenvalue weighted by atomic mass is 16.1. The summed E-state index contributed by atoms with van der Waals surface area (Å²) >= 11 is 0. The lowest BCUT2D eigenvalue weighted by atomic mass is 9.79. The molecule has 0 aromatic rings. The second-order valence-corrected chi connectivity index (χ2v) is 7.06. The highest BCUT2D eigenvalue weighted by molar-refractivity contribution is 5.81. The molecule has 0 saturated carbocycles. The summed E-state index contributed by atoms with van der Waals surface area (Å²) in [6.07, 6.45) is 11.2. The van der Waals surface area contributed by atoms with Crippen LogP contribution in [0.2, 0.25) is 0 Å². The molecule has 2 aliphatic heterocycles. The molecular formula is C17H28N4O. The largest absolute Gasteiger partial charge is 0.356 e. The van der Waals surface area contributed by atoms with Crippen molar-refractivity contribution in [3.05, 3.63) is 12.2 Å². The number of aliphatic imine (C=N–C) groups is 1. The molecule has 0 bridgehead atoms. The molecule has 0 radical (unpaired) electrons. The zero-order valence-corrected chi connectivity index (χ0v) is 13.6. The molecule has 0 aromatic carbocycles. The first kappa shape index (κ1) is 15.4. The average Bonchev–Trinajstić information content (AvgIpc) is 2.89. The van der Waals surface area contributed by atoms with Crippen LogP contribution in [0.5, 0.6) is 0 Å². The predicted octanol–water partition coefficient (Wildman–Crippen LogP) is 1.52. The topological polar surface area (TPSA) is 56.7 Å². The smallest absolute Gasteiger partial charge is 0.220 e. The molecule has 2 fully saturated rings. The standard InChI is InChI=1S/C17H28N4O/c1-18-16(19-11-14-6-3-2-4-7-14)21-9-5-8-17(13-21)10-15(22)20-12-17/h2-3,14H,4-13H2,1H3,(H,18,19)(H,20,22). The van der Waals surface area contributed by atoms with Gasteiger partial charge in [0.05, 0.1) is 0 Å². The van der Waals surface area contributed by atoms with Crippen molar-refractivity contribution in [1.29, 1.82) is 0 Å². The van der Waals surface area contributed by atoms with E-state index >= 15 is 0 Å². The van der Waals surface area contributed by atoms with Gasteiger partial charge in [-0.05, 0) is 38.0 Å². The van der Waals surface area contributed by atoms with E-state index in [1.165, 1.54) is 19.3 Å². The fourth-order valence-corrected chi connectivity index (χ4v) is 4.04. The van der Waals surface area contributed by atoms with Gasteiger partial charge < -0.3 is 15.5 Å². The van der Waals surface area contributed by atoms with Crippen LogP contribution in [0.15, 0.2) is 17.1 Å². The second-order valence-electron chi connectivity index (χ2n) is 7.06. The first-order valence-electron chi connectivity index (χ1n) is 8.58. The number of nitrogens with one attached hydrogen (secondary N) is 2. The lowest BCUT2D eigenvalue weighted by molar-refractivity contribution is -0.119. The van der Waals surface area contributed by atoms with E-state index in [2.05, 4.69) is 32.7 Å². The van der Waals surface area contributed by atoms with Crippen LogP contribution in [0.4, 0.5) is 0 Å². The fraction of sp³-hybridized carbons (Fsp3) is 0.765. The number of amides is 1. The number of carbonyl (C=O) groups is 1. The molecule has 1 spiro atoms. The summed E-state index contributed by atoms with van der Waals surface area (Å²) < 4.78 is 0. The summed E-state index contributed by atoms with van der Waals surface area (Å²) in [6, 6.07) is 0. The quantitative estimate of drug-likeness (QED) is 0.462. The fourth-order valence-electron chi connectivity index (χ4n) is 4.04. The van der Waals surface area contributed by atoms with Gasteiger partial charge in [-0.1, -0.05) is 12.2 Å². The van der Waals surface area contributed by atoms with Crippen molar-refractivity contribution in [1.82, 2.24) is 15.5 Å². The third-order valence-electron chi connectivity index (χ3n) is 5.30. The molecule has 2 N–H and O–H groups in total. The Labute approximate surface area is 133 Å². The van der Waals surface area contributed by atoms with Gasteiger partial charge >= 0.3 is 0 Å². The summed E-state index contributed by atoms with van der Waals surface area (Å²) in [4.78, 5) is 18.4. The van der Waals surface area contributed by atoms with Gasteiger partial charge in [0, 0.05) is 45.1 Å². The first-order chi connectivity index (χ1) is 10.7. The number of rotatable bonds is 2. The van der Waals surface area contributed by atoms with Crippen molar-refractivity contribution in [2.24, 2.45) is 16.3 Å². The minimum atomic E-state index is 0.126. The van der Waals surface area contributed by atoms with Crippen LogP contribution in [-0.2, 0) is 4.79 Å². The number of guanidine groups is 1. The van der Waals surface area contributed by atoms with Crippen molar-refractivity contribution in [3.63, 3.8) is 0 Å². The molecule has 5 heteroatoms. The average molecular weight is 304 g/mol. The van der Waals surface area contributed by atoms with Crippen molar-refractivity contribution >= 4 is 11.9 Å². The number of allylic oxidation sites excluding steroid dienone is 2. The monoisotopic (exact) mass is 304 g/mol. The van der Waals surface area contributed by atoms with Crippen LogP contribution < -0.4 is 10.6 Å². The third kappa shape index (κ3) is 3.45. The van der Waals surface area contributed by atoms with Gasteiger partial charge in [-0.25, -0.2) is 0 Å². The third-order valence-corrected chi connectivity index (χ3v) is 5.30. The molecule has 2 heterocycles. The number of piperidine rings is 1. The maximum atomic E-state index is 11.6. The highest BCUT2D eigenvalue weighted by Crippen LogP contribution is 2.36. The van der Waals surface area contributed by atoms with E-state index < -0.39 is 0 Å². The van der Waals surface area contributed by atoms with Crippen molar-refractivity contribution in [2.75, 3.05) is 33.2 Å². The maximum Gasteiger partial charge on any atom is 0.220 e. The summed E-state index contributed by atoms with van der Waals surface area (Å²) in [5.41, 5.74) is 0.126. The molecule has 3 rings (SSSR count). The molecule has 5 nitrogen and oxygen atoms in total. The van der Waals surface area contributed by atoms with Crippen LogP contribution in [-0.4, -0.2) is 50.0 Å². The number of nitrogens with zero attached hydrogens (tertiary/aromatic N) is 2. The van der Waals surface area contributed by atoms with E-state index in [1.54, 1.807) is 0 Å². The zero-order valence-electron chi connectivity index (χ0n) is 13.6. The van der Waals surface area contributed by atoms with Crippen molar-refractivity contribution in [3.8, 4) is 0 Å².